The number of hydrogen-bond donors (Lipinski definition) is 2. The van der Waals surface area contributed by atoms with Crippen molar-refractivity contribution in [2.24, 2.45) is 0 Å². The van der Waals surface area contributed by atoms with Gasteiger partial charge in [0.1, 0.15) is 34.1 Å². The lowest BCUT2D eigenvalue weighted by Crippen LogP contribution is -2.14. The molecule has 0 saturated carbocycles. The molecule has 0 aliphatic carbocycles. The molecule has 4 aromatic carbocycles. The van der Waals surface area contributed by atoms with Crippen molar-refractivity contribution in [2.75, 3.05) is 52.1 Å². The van der Waals surface area contributed by atoms with Crippen LogP contribution >= 0.6 is 33.9 Å². The van der Waals surface area contributed by atoms with Gasteiger partial charge in [-0.2, -0.15) is 0 Å². The first-order chi connectivity index (χ1) is 31.8. The van der Waals surface area contributed by atoms with E-state index in [1.165, 1.54) is 120 Å². The minimum atomic E-state index is -4.01. The van der Waals surface area contributed by atoms with E-state index in [1.807, 2.05) is 0 Å². The van der Waals surface area contributed by atoms with Gasteiger partial charge in [-0.15, -0.1) is 0 Å². The molecule has 6 rings (SSSR count). The number of pyridine rings is 2. The number of esters is 2. The third-order valence-corrected chi connectivity index (χ3v) is 11.5. The molecule has 0 fully saturated rings. The van der Waals surface area contributed by atoms with Gasteiger partial charge in [0.25, 0.3) is 19.1 Å². The first-order valence-corrected chi connectivity index (χ1v) is 23.8. The number of rotatable bonds is 16. The zero-order valence-electron chi connectivity index (χ0n) is 36.4. The second-order valence-electron chi connectivity index (χ2n) is 12.9. The van der Waals surface area contributed by atoms with E-state index in [0.29, 0.717) is 50.2 Å². The summed E-state index contributed by atoms with van der Waals surface area (Å²) in [5.74, 6) is 1.45. The van der Waals surface area contributed by atoms with Crippen LogP contribution in [0.15, 0.2) is 120 Å². The van der Waals surface area contributed by atoms with Gasteiger partial charge in [0.15, 0.2) is 23.0 Å². The molecular weight excluding hydrogens is 979 g/mol. The van der Waals surface area contributed by atoms with E-state index in [9.17, 15) is 26.4 Å². The lowest BCUT2D eigenvalue weighted by molar-refractivity contribution is 0.0513. The van der Waals surface area contributed by atoms with E-state index in [0.717, 1.165) is 0 Å². The monoisotopic (exact) mass is 1020 g/mol. The first kappa shape index (κ1) is 52.9. The summed E-state index contributed by atoms with van der Waals surface area (Å²) in [5.41, 5.74) is 6.53. The maximum atomic E-state index is 12.9. The number of halogens is 3. The molecule has 23 heteroatoms. The molecule has 67 heavy (non-hydrogen) atoms. The Morgan fingerprint density at radius 1 is 0.567 bits per heavy atom. The van der Waals surface area contributed by atoms with Gasteiger partial charge in [0, 0.05) is 58.7 Å². The summed E-state index contributed by atoms with van der Waals surface area (Å²) in [6.45, 7) is 3.78. The number of nitrogens with two attached hydrogens (primary N) is 1. The Bertz CT molecular complexity index is 2910. The lowest BCUT2D eigenvalue weighted by atomic mass is 10.2. The number of hydrogen-bond acceptors (Lipinski definition) is 17. The van der Waals surface area contributed by atoms with Crippen LogP contribution in [0.2, 0.25) is 10.0 Å². The molecule has 0 radical (unpaired) electrons. The molecule has 3 N–H and O–H groups in total. The average Bonchev–Trinajstić information content (AvgIpc) is 3.29. The summed E-state index contributed by atoms with van der Waals surface area (Å²) in [7, 11) is 3.16. The molecular formula is C44H43Cl3N4O14S2. The largest absolute Gasteiger partial charge is 0.493 e. The Balaban J connectivity index is 0.000000244. The normalized spacial score (nSPS) is 10.7. The summed E-state index contributed by atoms with van der Waals surface area (Å²) in [5, 5.41) is 0.792. The number of benzene rings is 4. The molecule has 0 atom stereocenters. The van der Waals surface area contributed by atoms with Gasteiger partial charge < -0.3 is 43.6 Å². The maximum Gasteiger partial charge on any atom is 0.342 e. The summed E-state index contributed by atoms with van der Waals surface area (Å²) >= 11 is 11.8. The lowest BCUT2D eigenvalue weighted by Gasteiger charge is -2.14. The third-order valence-electron chi connectivity index (χ3n) is 8.34. The van der Waals surface area contributed by atoms with Crippen molar-refractivity contribution in [3.05, 3.63) is 131 Å². The van der Waals surface area contributed by atoms with Crippen LogP contribution in [0.5, 0.6) is 46.0 Å². The Labute approximate surface area is 401 Å². The zero-order valence-corrected chi connectivity index (χ0v) is 40.3. The highest BCUT2D eigenvalue weighted by Crippen LogP contribution is 2.34. The second kappa shape index (κ2) is 24.7. The predicted octanol–water partition coefficient (Wildman–Crippen LogP) is 9.44. The Kier molecular flexibility index (Phi) is 19.5. The Morgan fingerprint density at radius 3 is 1.45 bits per heavy atom. The van der Waals surface area contributed by atoms with Crippen molar-refractivity contribution in [3.63, 3.8) is 0 Å². The fourth-order valence-corrected chi connectivity index (χ4v) is 7.53. The Morgan fingerprint density at radius 2 is 1.00 bits per heavy atom. The molecule has 0 spiro atoms. The van der Waals surface area contributed by atoms with Crippen LogP contribution in [0.3, 0.4) is 0 Å². The van der Waals surface area contributed by atoms with E-state index in [2.05, 4.69) is 14.7 Å². The van der Waals surface area contributed by atoms with E-state index in [4.69, 9.17) is 77.5 Å². The van der Waals surface area contributed by atoms with Gasteiger partial charge >= 0.3 is 11.9 Å². The van der Waals surface area contributed by atoms with Crippen LogP contribution < -0.4 is 38.9 Å². The number of ether oxygens (including phenoxy) is 8. The summed E-state index contributed by atoms with van der Waals surface area (Å²) in [6, 6.07) is 20.4. The number of carbonyl (C=O) groups excluding carboxylic acids is 2. The molecule has 6 aromatic rings. The first-order valence-electron chi connectivity index (χ1n) is 19.2. The smallest absolute Gasteiger partial charge is 0.342 e. The highest BCUT2D eigenvalue weighted by atomic mass is 35.7. The van der Waals surface area contributed by atoms with Crippen LogP contribution in [0.1, 0.15) is 34.6 Å². The third kappa shape index (κ3) is 15.4. The van der Waals surface area contributed by atoms with Crippen LogP contribution in [-0.4, -0.2) is 80.4 Å². The molecule has 356 valence electrons. The van der Waals surface area contributed by atoms with Crippen molar-refractivity contribution in [2.45, 2.75) is 23.6 Å². The minimum Gasteiger partial charge on any atom is -0.493 e. The van der Waals surface area contributed by atoms with Crippen molar-refractivity contribution in [1.29, 1.82) is 0 Å². The Hall–Kier alpha value is -6.71. The molecule has 18 nitrogen and oxygen atoms in total. The van der Waals surface area contributed by atoms with E-state index >= 15 is 0 Å². The highest BCUT2D eigenvalue weighted by molar-refractivity contribution is 8.13. The number of anilines is 2. The summed E-state index contributed by atoms with van der Waals surface area (Å²) < 4.78 is 91.8. The molecule has 0 amide bonds. The van der Waals surface area contributed by atoms with Gasteiger partial charge in [0.05, 0.1) is 73.9 Å². The molecule has 0 aliphatic heterocycles. The van der Waals surface area contributed by atoms with Crippen molar-refractivity contribution < 1.29 is 64.3 Å². The van der Waals surface area contributed by atoms with Crippen LogP contribution in [0.4, 0.5) is 11.4 Å². The molecule has 2 aromatic heterocycles. The van der Waals surface area contributed by atoms with Crippen LogP contribution in [-0.2, 0) is 28.5 Å². The fourth-order valence-electron chi connectivity index (χ4n) is 5.37. The van der Waals surface area contributed by atoms with Crippen LogP contribution in [0, 0.1) is 0 Å². The van der Waals surface area contributed by atoms with E-state index in [1.54, 1.807) is 32.0 Å². The zero-order chi connectivity index (χ0) is 49.3. The number of aromatic nitrogens is 2. The molecule has 0 unspecified atom stereocenters. The van der Waals surface area contributed by atoms with E-state index < -0.39 is 31.0 Å². The van der Waals surface area contributed by atoms with E-state index in [-0.39, 0.29) is 51.3 Å². The molecule has 0 bridgehead atoms. The number of nitrogen functional groups attached to an aromatic ring is 1. The average molecular weight is 1020 g/mol. The van der Waals surface area contributed by atoms with Gasteiger partial charge in [-0.25, -0.2) is 26.4 Å². The van der Waals surface area contributed by atoms with Gasteiger partial charge in [0.2, 0.25) is 0 Å². The quantitative estimate of drug-likeness (QED) is 0.0521. The second-order valence-corrected chi connectivity index (χ2v) is 18.0. The number of methoxy groups -OCH3 is 4. The predicted molar refractivity (Wildman–Crippen MR) is 251 cm³/mol. The number of nitrogens with one attached hydrogen (secondary N) is 1. The van der Waals surface area contributed by atoms with Crippen molar-refractivity contribution in [3.8, 4) is 46.0 Å². The fraction of sp³-hybridized carbons (Fsp3) is 0.182. The summed E-state index contributed by atoms with van der Waals surface area (Å²) in [6.07, 6.45) is 5.85. The number of carbonyl (C=O) groups is 2. The van der Waals surface area contributed by atoms with Crippen molar-refractivity contribution in [1.82, 2.24) is 9.97 Å². The highest BCUT2D eigenvalue weighted by Gasteiger charge is 2.22. The molecule has 0 saturated heterocycles. The van der Waals surface area contributed by atoms with Gasteiger partial charge in [-0.1, -0.05) is 23.2 Å². The van der Waals surface area contributed by atoms with Crippen molar-refractivity contribution >= 4 is 76.3 Å². The SMILES string of the molecule is CCOC(=O)c1cc(N)ccc1Oc1cncc(Cl)c1.CCOC(=O)c1cc(NS(=O)(=O)c2ccc(OC)c(OC)c2)ccc1Oc1cncc(Cl)c1.COc1ccc(S(=O)(=O)Cl)cc1OC. The van der Waals surface area contributed by atoms with Crippen LogP contribution in [0.25, 0.3) is 0 Å². The molecule has 2 heterocycles. The topological polar surface area (TPSA) is 240 Å². The maximum absolute atomic E-state index is 12.9. The number of sulfonamides is 1. The van der Waals surface area contributed by atoms with Gasteiger partial charge in [-0.3, -0.25) is 14.7 Å². The molecule has 0 aliphatic rings. The standard InChI is InChI=1S/C22H21ClN2O7S.C14H13ClN2O3.C8H9ClO4S/c1-4-31-22(26)18-10-15(5-7-19(18)32-16-9-14(23)12-24-13-16)25-33(27,28)17-6-8-20(29-2)21(11-17)30-3;1-2-19-14(18)12-6-10(16)3-4-13(12)20-11-5-9(15)7-17-8-11;1-12-7-4-3-6(14(9,10)11)5-8(7)13-2/h5-13,25H,4H2,1-3H3;3-8H,2,16H2,1H3;3-5H,1-2H3. The summed E-state index contributed by atoms with van der Waals surface area (Å²) in [4.78, 5) is 32.2. The number of nitrogens with zero attached hydrogens (tertiary/aromatic N) is 2. The van der Waals surface area contributed by atoms with Gasteiger partial charge in [-0.05, 0) is 74.5 Å². The minimum absolute atomic E-state index is 0.0168.